The fourth-order valence-corrected chi connectivity index (χ4v) is 3.83. The molecule has 0 bridgehead atoms. The topological polar surface area (TPSA) is 48.7 Å². The van der Waals surface area contributed by atoms with Crippen molar-refractivity contribution in [1.82, 2.24) is 9.80 Å². The zero-order valence-electron chi connectivity index (χ0n) is 16.2. The molecule has 0 spiro atoms. The van der Waals surface area contributed by atoms with Crippen LogP contribution in [0.1, 0.15) is 21.7 Å². The number of rotatable bonds is 6. The van der Waals surface area contributed by atoms with Gasteiger partial charge in [0.15, 0.2) is 10.4 Å². The molecule has 1 saturated heterocycles. The third-order valence-electron chi connectivity index (χ3n) is 5.13. The lowest BCUT2D eigenvalue weighted by atomic mass is 10.1. The first-order valence-electron chi connectivity index (χ1n) is 9.80. The molecule has 150 valence electrons. The first-order chi connectivity index (χ1) is 14.2. The van der Waals surface area contributed by atoms with E-state index in [-0.39, 0.29) is 11.7 Å². The minimum atomic E-state index is -0.252. The maximum absolute atomic E-state index is 12.2. The minimum absolute atomic E-state index is 0.252. The Morgan fingerprint density at radius 1 is 0.828 bits per heavy atom. The van der Waals surface area contributed by atoms with Crippen molar-refractivity contribution >= 4 is 27.5 Å². The van der Waals surface area contributed by atoms with Crippen LogP contribution in [0.3, 0.4) is 0 Å². The van der Waals surface area contributed by atoms with Gasteiger partial charge in [-0.1, -0.05) is 42.5 Å². The van der Waals surface area contributed by atoms with Crippen LogP contribution in [0, 0.1) is 0 Å². The number of furan rings is 1. The summed E-state index contributed by atoms with van der Waals surface area (Å²) in [5, 5.41) is 2.86. The third kappa shape index (κ3) is 5.56. The van der Waals surface area contributed by atoms with Crippen LogP contribution in [0.25, 0.3) is 0 Å². The molecule has 1 aromatic heterocycles. The lowest BCUT2D eigenvalue weighted by Gasteiger charge is -2.34. The molecule has 0 radical (unpaired) electrons. The summed E-state index contributed by atoms with van der Waals surface area (Å²) in [6.45, 7) is 6.26. The van der Waals surface area contributed by atoms with Crippen LogP contribution in [0.2, 0.25) is 0 Å². The van der Waals surface area contributed by atoms with E-state index < -0.39 is 0 Å². The fourth-order valence-electron chi connectivity index (χ4n) is 3.53. The Kier molecular flexibility index (Phi) is 6.44. The summed E-state index contributed by atoms with van der Waals surface area (Å²) in [4.78, 5) is 17.1. The van der Waals surface area contributed by atoms with Gasteiger partial charge in [-0.15, -0.1) is 0 Å². The van der Waals surface area contributed by atoms with E-state index in [0.29, 0.717) is 4.67 Å². The summed E-state index contributed by atoms with van der Waals surface area (Å²) in [5.74, 6) is 0.0345. The highest BCUT2D eigenvalue weighted by atomic mass is 79.9. The number of piperazine rings is 1. The number of nitrogens with one attached hydrogen (secondary N) is 1. The molecular weight excluding hydrogens is 430 g/mol. The minimum Gasteiger partial charge on any atom is -0.444 e. The van der Waals surface area contributed by atoms with Crippen LogP contribution in [-0.4, -0.2) is 41.9 Å². The van der Waals surface area contributed by atoms with E-state index in [1.165, 1.54) is 11.1 Å². The van der Waals surface area contributed by atoms with Gasteiger partial charge in [-0.25, -0.2) is 0 Å². The fraction of sp³-hybridized carbons (Fsp3) is 0.261. The molecule has 1 aliphatic heterocycles. The van der Waals surface area contributed by atoms with Gasteiger partial charge in [-0.05, 0) is 51.3 Å². The van der Waals surface area contributed by atoms with Crippen LogP contribution in [-0.2, 0) is 13.1 Å². The molecule has 1 fully saturated rings. The normalized spacial score (nSPS) is 15.3. The second-order valence-electron chi connectivity index (χ2n) is 7.29. The summed E-state index contributed by atoms with van der Waals surface area (Å²) in [6, 6.07) is 22.0. The predicted molar refractivity (Wildman–Crippen MR) is 118 cm³/mol. The maximum atomic E-state index is 12.2. The molecule has 3 aromatic rings. The van der Waals surface area contributed by atoms with Crippen molar-refractivity contribution < 1.29 is 9.21 Å². The molecule has 4 rings (SSSR count). The molecule has 1 amide bonds. The van der Waals surface area contributed by atoms with Crippen molar-refractivity contribution in [3.8, 4) is 0 Å². The Morgan fingerprint density at radius 3 is 1.97 bits per heavy atom. The zero-order valence-corrected chi connectivity index (χ0v) is 17.8. The number of anilines is 1. The maximum Gasteiger partial charge on any atom is 0.291 e. The van der Waals surface area contributed by atoms with Gasteiger partial charge in [0, 0.05) is 45.0 Å². The average Bonchev–Trinajstić information content (AvgIpc) is 3.18. The Hall–Kier alpha value is -2.41. The molecule has 0 atom stereocenters. The molecule has 2 heterocycles. The van der Waals surface area contributed by atoms with Gasteiger partial charge in [-0.3, -0.25) is 14.6 Å². The van der Waals surface area contributed by atoms with E-state index in [1.807, 2.05) is 12.1 Å². The summed E-state index contributed by atoms with van der Waals surface area (Å²) in [6.07, 6.45) is 0. The van der Waals surface area contributed by atoms with Crippen LogP contribution in [0.4, 0.5) is 5.69 Å². The highest BCUT2D eigenvalue weighted by Gasteiger charge is 2.17. The number of carbonyl (C=O) groups is 1. The van der Waals surface area contributed by atoms with Gasteiger partial charge in [0.2, 0.25) is 0 Å². The summed E-state index contributed by atoms with van der Waals surface area (Å²) >= 11 is 3.21. The first kappa shape index (κ1) is 19.9. The lowest BCUT2D eigenvalue weighted by Crippen LogP contribution is -2.45. The van der Waals surface area contributed by atoms with Gasteiger partial charge < -0.3 is 9.73 Å². The quantitative estimate of drug-likeness (QED) is 0.591. The summed E-state index contributed by atoms with van der Waals surface area (Å²) < 4.78 is 5.83. The van der Waals surface area contributed by atoms with Crippen molar-refractivity contribution in [3.05, 3.63) is 88.3 Å². The van der Waals surface area contributed by atoms with Gasteiger partial charge in [0.25, 0.3) is 5.91 Å². The highest BCUT2D eigenvalue weighted by Crippen LogP contribution is 2.17. The van der Waals surface area contributed by atoms with E-state index in [1.54, 1.807) is 12.1 Å². The molecule has 2 aromatic carbocycles. The summed E-state index contributed by atoms with van der Waals surface area (Å²) in [5.41, 5.74) is 3.39. The molecule has 1 aliphatic rings. The van der Waals surface area contributed by atoms with Crippen LogP contribution in [0.15, 0.2) is 75.8 Å². The van der Waals surface area contributed by atoms with Crippen molar-refractivity contribution in [2.24, 2.45) is 0 Å². The number of benzene rings is 2. The number of amides is 1. The lowest BCUT2D eigenvalue weighted by molar-refractivity contribution is 0.0995. The van der Waals surface area contributed by atoms with E-state index in [0.717, 1.165) is 45.0 Å². The standard InChI is InChI=1S/C23H24BrN3O2/c24-22-11-10-21(29-22)23(28)25-20-8-6-19(7-9-20)17-27-14-12-26(13-15-27)16-18-4-2-1-3-5-18/h1-11H,12-17H2,(H,25,28). The van der Waals surface area contributed by atoms with E-state index in [4.69, 9.17) is 4.42 Å². The zero-order chi connectivity index (χ0) is 20.1. The molecule has 29 heavy (non-hydrogen) atoms. The molecule has 0 unspecified atom stereocenters. The van der Waals surface area contributed by atoms with Gasteiger partial charge >= 0.3 is 0 Å². The van der Waals surface area contributed by atoms with E-state index in [2.05, 4.69) is 73.5 Å². The van der Waals surface area contributed by atoms with Crippen molar-refractivity contribution in [2.75, 3.05) is 31.5 Å². The van der Waals surface area contributed by atoms with Crippen molar-refractivity contribution in [2.45, 2.75) is 13.1 Å². The van der Waals surface area contributed by atoms with Crippen LogP contribution < -0.4 is 5.32 Å². The third-order valence-corrected chi connectivity index (χ3v) is 5.56. The second kappa shape index (κ2) is 9.39. The average molecular weight is 454 g/mol. The van der Waals surface area contributed by atoms with E-state index >= 15 is 0 Å². The molecule has 6 heteroatoms. The molecular formula is C23H24BrN3O2. The van der Waals surface area contributed by atoms with E-state index in [9.17, 15) is 4.79 Å². The number of hydrogen-bond donors (Lipinski definition) is 1. The Morgan fingerprint density at radius 2 is 1.41 bits per heavy atom. The number of nitrogens with zero attached hydrogens (tertiary/aromatic N) is 2. The number of halogens is 1. The molecule has 0 aliphatic carbocycles. The summed E-state index contributed by atoms with van der Waals surface area (Å²) in [7, 11) is 0. The number of carbonyl (C=O) groups excluding carboxylic acids is 1. The molecule has 1 N–H and O–H groups in total. The Labute approximate surface area is 179 Å². The largest absolute Gasteiger partial charge is 0.444 e. The smallest absolute Gasteiger partial charge is 0.291 e. The van der Waals surface area contributed by atoms with Gasteiger partial charge in [-0.2, -0.15) is 0 Å². The molecule has 0 saturated carbocycles. The SMILES string of the molecule is O=C(Nc1ccc(CN2CCN(Cc3ccccc3)CC2)cc1)c1ccc(Br)o1. The Bertz CT molecular complexity index is 932. The van der Waals surface area contributed by atoms with Crippen LogP contribution in [0.5, 0.6) is 0 Å². The Balaban J connectivity index is 1.24. The highest BCUT2D eigenvalue weighted by molar-refractivity contribution is 9.10. The van der Waals surface area contributed by atoms with Crippen molar-refractivity contribution in [1.29, 1.82) is 0 Å². The predicted octanol–water partition coefficient (Wildman–Crippen LogP) is 4.61. The monoisotopic (exact) mass is 453 g/mol. The first-order valence-corrected chi connectivity index (χ1v) is 10.6. The molecule has 5 nitrogen and oxygen atoms in total. The van der Waals surface area contributed by atoms with Gasteiger partial charge in [0.05, 0.1) is 0 Å². The van der Waals surface area contributed by atoms with Gasteiger partial charge in [0.1, 0.15) is 0 Å². The second-order valence-corrected chi connectivity index (χ2v) is 8.07. The van der Waals surface area contributed by atoms with Crippen molar-refractivity contribution in [3.63, 3.8) is 0 Å². The number of hydrogen-bond acceptors (Lipinski definition) is 4. The van der Waals surface area contributed by atoms with Crippen LogP contribution >= 0.6 is 15.9 Å².